The summed E-state index contributed by atoms with van der Waals surface area (Å²) in [5.41, 5.74) is 0.260. The van der Waals surface area contributed by atoms with Crippen LogP contribution in [0.25, 0.3) is 0 Å². The molecule has 7 heteroatoms. The van der Waals surface area contributed by atoms with Crippen LogP contribution >= 0.6 is 11.3 Å². The zero-order chi connectivity index (χ0) is 18.6. The van der Waals surface area contributed by atoms with Gasteiger partial charge in [0.2, 0.25) is 0 Å². The summed E-state index contributed by atoms with van der Waals surface area (Å²) in [6.45, 7) is 3.02. The number of thiophene rings is 1. The van der Waals surface area contributed by atoms with Gasteiger partial charge in [-0.1, -0.05) is 18.2 Å². The summed E-state index contributed by atoms with van der Waals surface area (Å²) in [7, 11) is 0. The van der Waals surface area contributed by atoms with Gasteiger partial charge in [-0.25, -0.2) is 0 Å². The Bertz CT molecular complexity index is 713. The van der Waals surface area contributed by atoms with E-state index < -0.39 is 11.7 Å². The van der Waals surface area contributed by atoms with Crippen LogP contribution in [0.15, 0.2) is 41.8 Å². The highest BCUT2D eigenvalue weighted by atomic mass is 32.1. The second-order valence-corrected chi connectivity index (χ2v) is 7.57. The van der Waals surface area contributed by atoms with Gasteiger partial charge in [-0.2, -0.15) is 13.2 Å². The molecule has 1 atom stereocenters. The number of alkyl halides is 3. The van der Waals surface area contributed by atoms with Crippen LogP contribution in [0, 0.1) is 5.92 Å². The Hall–Kier alpha value is -1.86. The van der Waals surface area contributed by atoms with E-state index in [-0.39, 0.29) is 5.91 Å². The summed E-state index contributed by atoms with van der Waals surface area (Å²) in [5, 5.41) is 4.86. The average molecular weight is 382 g/mol. The minimum atomic E-state index is -4.30. The Balaban J connectivity index is 1.49. The topological polar surface area (TPSA) is 32.3 Å². The third kappa shape index (κ3) is 5.08. The Labute approximate surface area is 154 Å². The van der Waals surface area contributed by atoms with Crippen LogP contribution in [0.2, 0.25) is 0 Å². The molecule has 1 aromatic heterocycles. The SMILES string of the molecule is O=C(NC[C@H]1CCCN(Cc2ccc(C(F)(F)F)cc2)C1)c1cccs1. The largest absolute Gasteiger partial charge is 0.416 e. The van der Waals surface area contributed by atoms with E-state index >= 15 is 0 Å². The van der Waals surface area contributed by atoms with Crippen molar-refractivity contribution in [2.45, 2.75) is 25.6 Å². The van der Waals surface area contributed by atoms with Crippen molar-refractivity contribution >= 4 is 17.2 Å². The standard InChI is InChI=1S/C19H21F3N2OS/c20-19(21,22)16-7-5-14(6-8-16)12-24-9-1-3-15(13-24)11-23-18(25)17-4-2-10-26-17/h2,4-8,10,15H,1,3,9,11-13H2,(H,23,25)/t15-/m1/s1. The lowest BCUT2D eigenvalue weighted by molar-refractivity contribution is -0.137. The number of carbonyl (C=O) groups is 1. The van der Waals surface area contributed by atoms with Gasteiger partial charge in [-0.15, -0.1) is 11.3 Å². The molecular formula is C19H21F3N2OS. The van der Waals surface area contributed by atoms with Crippen molar-refractivity contribution in [3.8, 4) is 0 Å². The van der Waals surface area contributed by atoms with E-state index in [1.807, 2.05) is 11.4 Å². The number of carbonyl (C=O) groups excluding carboxylic acids is 1. The molecule has 140 valence electrons. The van der Waals surface area contributed by atoms with Crippen LogP contribution in [-0.2, 0) is 12.7 Å². The van der Waals surface area contributed by atoms with E-state index in [1.54, 1.807) is 18.2 Å². The maximum atomic E-state index is 12.6. The van der Waals surface area contributed by atoms with E-state index in [9.17, 15) is 18.0 Å². The molecule has 2 aromatic rings. The first-order chi connectivity index (χ1) is 12.4. The van der Waals surface area contributed by atoms with E-state index in [2.05, 4.69) is 10.2 Å². The average Bonchev–Trinajstić information content (AvgIpc) is 3.14. The number of benzene rings is 1. The number of amides is 1. The highest BCUT2D eigenvalue weighted by molar-refractivity contribution is 7.12. The fraction of sp³-hybridized carbons (Fsp3) is 0.421. The number of nitrogens with one attached hydrogen (secondary N) is 1. The van der Waals surface area contributed by atoms with Crippen LogP contribution in [-0.4, -0.2) is 30.4 Å². The summed E-state index contributed by atoms with van der Waals surface area (Å²) in [6.07, 6.45) is -2.22. The molecule has 0 aliphatic carbocycles. The molecule has 1 fully saturated rings. The Morgan fingerprint density at radius 2 is 2.00 bits per heavy atom. The van der Waals surface area contributed by atoms with Crippen LogP contribution in [0.1, 0.15) is 33.6 Å². The van der Waals surface area contributed by atoms with Gasteiger partial charge < -0.3 is 5.32 Å². The summed E-state index contributed by atoms with van der Waals surface area (Å²) >= 11 is 1.42. The number of nitrogens with zero attached hydrogens (tertiary/aromatic N) is 1. The molecule has 0 spiro atoms. The van der Waals surface area contributed by atoms with E-state index in [0.717, 1.165) is 43.6 Å². The third-order valence-corrected chi connectivity index (χ3v) is 5.46. The Morgan fingerprint density at radius 3 is 2.65 bits per heavy atom. The second kappa shape index (κ2) is 8.22. The minimum absolute atomic E-state index is 0.0418. The molecule has 1 N–H and O–H groups in total. The van der Waals surface area contributed by atoms with Crippen molar-refractivity contribution in [1.29, 1.82) is 0 Å². The Morgan fingerprint density at radius 1 is 1.23 bits per heavy atom. The van der Waals surface area contributed by atoms with Crippen LogP contribution in [0.4, 0.5) is 13.2 Å². The predicted molar refractivity (Wildman–Crippen MR) is 96.1 cm³/mol. The number of piperidine rings is 1. The van der Waals surface area contributed by atoms with Crippen LogP contribution in [0.5, 0.6) is 0 Å². The number of likely N-dealkylation sites (tertiary alicyclic amines) is 1. The van der Waals surface area contributed by atoms with Gasteiger partial charge in [0.1, 0.15) is 0 Å². The van der Waals surface area contributed by atoms with Crippen LogP contribution < -0.4 is 5.32 Å². The third-order valence-electron chi connectivity index (χ3n) is 4.59. The fourth-order valence-electron chi connectivity index (χ4n) is 3.25. The highest BCUT2D eigenvalue weighted by Crippen LogP contribution is 2.29. The zero-order valence-corrected chi connectivity index (χ0v) is 15.1. The first-order valence-corrected chi connectivity index (χ1v) is 9.50. The molecule has 0 saturated carbocycles. The maximum absolute atomic E-state index is 12.6. The molecule has 3 nitrogen and oxygen atoms in total. The second-order valence-electron chi connectivity index (χ2n) is 6.63. The molecule has 1 saturated heterocycles. The monoisotopic (exact) mass is 382 g/mol. The molecule has 2 heterocycles. The molecule has 1 aliphatic rings. The predicted octanol–water partition coefficient (Wildman–Crippen LogP) is 4.41. The number of hydrogen-bond acceptors (Lipinski definition) is 3. The van der Waals surface area contributed by atoms with Gasteiger partial charge in [-0.05, 0) is 54.4 Å². The Kier molecular flexibility index (Phi) is 5.98. The summed E-state index contributed by atoms with van der Waals surface area (Å²) in [4.78, 5) is 15.0. The maximum Gasteiger partial charge on any atom is 0.416 e. The van der Waals surface area contributed by atoms with Crippen molar-refractivity contribution in [3.63, 3.8) is 0 Å². The molecule has 0 radical (unpaired) electrons. The van der Waals surface area contributed by atoms with Gasteiger partial charge >= 0.3 is 6.18 Å². The molecule has 3 rings (SSSR count). The van der Waals surface area contributed by atoms with E-state index in [1.165, 1.54) is 11.3 Å². The van der Waals surface area contributed by atoms with Gasteiger partial charge in [-0.3, -0.25) is 9.69 Å². The quantitative estimate of drug-likeness (QED) is 0.831. The number of hydrogen-bond donors (Lipinski definition) is 1. The first-order valence-electron chi connectivity index (χ1n) is 8.62. The summed E-state index contributed by atoms with van der Waals surface area (Å²) < 4.78 is 37.9. The fourth-order valence-corrected chi connectivity index (χ4v) is 3.89. The van der Waals surface area contributed by atoms with Crippen molar-refractivity contribution in [3.05, 3.63) is 57.8 Å². The molecule has 1 aromatic carbocycles. The minimum Gasteiger partial charge on any atom is -0.351 e. The lowest BCUT2D eigenvalue weighted by atomic mass is 9.97. The molecular weight excluding hydrogens is 361 g/mol. The van der Waals surface area contributed by atoms with Crippen molar-refractivity contribution in [2.75, 3.05) is 19.6 Å². The molecule has 0 bridgehead atoms. The molecule has 0 unspecified atom stereocenters. The van der Waals surface area contributed by atoms with Gasteiger partial charge in [0, 0.05) is 19.6 Å². The lowest BCUT2D eigenvalue weighted by Crippen LogP contribution is -2.40. The van der Waals surface area contributed by atoms with Crippen LogP contribution in [0.3, 0.4) is 0 Å². The zero-order valence-electron chi connectivity index (χ0n) is 14.3. The molecule has 1 amide bonds. The van der Waals surface area contributed by atoms with Gasteiger partial charge in [0.15, 0.2) is 0 Å². The van der Waals surface area contributed by atoms with Gasteiger partial charge in [0.25, 0.3) is 5.91 Å². The highest BCUT2D eigenvalue weighted by Gasteiger charge is 2.30. The number of rotatable bonds is 5. The van der Waals surface area contributed by atoms with Crippen molar-refractivity contribution in [2.24, 2.45) is 5.92 Å². The summed E-state index contributed by atoms with van der Waals surface area (Å²) in [5.74, 6) is 0.321. The smallest absolute Gasteiger partial charge is 0.351 e. The van der Waals surface area contributed by atoms with E-state index in [4.69, 9.17) is 0 Å². The molecule has 26 heavy (non-hydrogen) atoms. The molecule has 1 aliphatic heterocycles. The van der Waals surface area contributed by atoms with Gasteiger partial charge in [0.05, 0.1) is 10.4 Å². The van der Waals surface area contributed by atoms with Crippen molar-refractivity contribution in [1.82, 2.24) is 10.2 Å². The lowest BCUT2D eigenvalue weighted by Gasteiger charge is -2.32. The first kappa shape index (κ1) is 18.9. The number of halogens is 3. The normalized spacial score (nSPS) is 18.7. The van der Waals surface area contributed by atoms with E-state index in [0.29, 0.717) is 23.9 Å². The van der Waals surface area contributed by atoms with Crippen molar-refractivity contribution < 1.29 is 18.0 Å². The summed E-state index contributed by atoms with van der Waals surface area (Å²) in [6, 6.07) is 9.02.